The van der Waals surface area contributed by atoms with Gasteiger partial charge in [-0.2, -0.15) is 15.0 Å². The van der Waals surface area contributed by atoms with Gasteiger partial charge in [-0.25, -0.2) is 0 Å². The Balaban J connectivity index is 2.54. The zero-order valence-corrected chi connectivity index (χ0v) is 9.29. The van der Waals surface area contributed by atoms with E-state index in [1.807, 2.05) is 13.0 Å². The zero-order valence-electron chi connectivity index (χ0n) is 7.78. The molecule has 4 nitrogen and oxygen atoms in total. The predicted molar refractivity (Wildman–Crippen MR) is 57.8 cm³/mol. The Kier molecular flexibility index (Phi) is 2.79. The molecule has 0 aromatic carbocycles. The fourth-order valence-corrected chi connectivity index (χ4v) is 1.50. The number of nitrogens with zero attached hydrogens (tertiary/aromatic N) is 4. The van der Waals surface area contributed by atoms with Crippen LogP contribution in [0.1, 0.15) is 5.56 Å². The fourth-order valence-electron chi connectivity index (χ4n) is 1.13. The van der Waals surface area contributed by atoms with Crippen molar-refractivity contribution in [1.82, 2.24) is 19.9 Å². The summed E-state index contributed by atoms with van der Waals surface area (Å²) in [6.45, 7) is 1.93. The van der Waals surface area contributed by atoms with Gasteiger partial charge in [0, 0.05) is 18.0 Å². The molecule has 0 radical (unpaired) electrons. The summed E-state index contributed by atoms with van der Waals surface area (Å²) in [5.74, 6) is 0.427. The monoisotopic (exact) mass is 240 g/mol. The lowest BCUT2D eigenvalue weighted by Gasteiger charge is -2.00. The fraction of sp³-hybridized carbons (Fsp3) is 0.111. The Labute approximate surface area is 96.3 Å². The lowest BCUT2D eigenvalue weighted by Crippen LogP contribution is -1.94. The molecule has 6 heteroatoms. The van der Waals surface area contributed by atoms with Gasteiger partial charge in [0.25, 0.3) is 0 Å². The standard InChI is InChI=1S/C9H6Cl2N4/c1-5-2-6(4-12-3-5)7-13-8(10)15-9(11)14-7/h2-4H,1H3. The van der Waals surface area contributed by atoms with E-state index in [9.17, 15) is 0 Å². The molecule has 0 saturated heterocycles. The maximum atomic E-state index is 5.67. The van der Waals surface area contributed by atoms with Crippen molar-refractivity contribution in [2.45, 2.75) is 6.92 Å². The smallest absolute Gasteiger partial charge is 0.227 e. The Morgan fingerprint density at radius 2 is 1.67 bits per heavy atom. The van der Waals surface area contributed by atoms with E-state index in [2.05, 4.69) is 19.9 Å². The maximum absolute atomic E-state index is 5.67. The highest BCUT2D eigenvalue weighted by atomic mass is 35.5. The number of hydrogen-bond acceptors (Lipinski definition) is 4. The zero-order chi connectivity index (χ0) is 10.8. The molecule has 2 heterocycles. The van der Waals surface area contributed by atoms with E-state index in [4.69, 9.17) is 23.2 Å². The van der Waals surface area contributed by atoms with Gasteiger partial charge in [-0.3, -0.25) is 4.98 Å². The number of rotatable bonds is 1. The van der Waals surface area contributed by atoms with Crippen LogP contribution < -0.4 is 0 Å². The van der Waals surface area contributed by atoms with E-state index >= 15 is 0 Å². The van der Waals surface area contributed by atoms with Crippen molar-refractivity contribution >= 4 is 23.2 Å². The Bertz CT molecular complexity index is 481. The topological polar surface area (TPSA) is 51.6 Å². The minimum atomic E-state index is 0.0755. The van der Waals surface area contributed by atoms with Crippen molar-refractivity contribution in [2.24, 2.45) is 0 Å². The van der Waals surface area contributed by atoms with Crippen LogP contribution in [0.25, 0.3) is 11.4 Å². The molecular weight excluding hydrogens is 235 g/mol. The molecule has 2 aromatic rings. The highest BCUT2D eigenvalue weighted by Crippen LogP contribution is 2.17. The van der Waals surface area contributed by atoms with Gasteiger partial charge in [-0.1, -0.05) is 0 Å². The van der Waals surface area contributed by atoms with Gasteiger partial charge in [-0.15, -0.1) is 0 Å². The van der Waals surface area contributed by atoms with Crippen LogP contribution in [-0.2, 0) is 0 Å². The predicted octanol–water partition coefficient (Wildman–Crippen LogP) is 2.55. The van der Waals surface area contributed by atoms with E-state index in [1.165, 1.54) is 0 Å². The Morgan fingerprint density at radius 3 is 2.27 bits per heavy atom. The Morgan fingerprint density at radius 1 is 1.00 bits per heavy atom. The number of hydrogen-bond donors (Lipinski definition) is 0. The van der Waals surface area contributed by atoms with Crippen LogP contribution in [0.15, 0.2) is 18.5 Å². The summed E-state index contributed by atoms with van der Waals surface area (Å²) in [4.78, 5) is 15.6. The summed E-state index contributed by atoms with van der Waals surface area (Å²) in [5, 5.41) is 0.151. The molecule has 2 rings (SSSR count). The lowest BCUT2D eigenvalue weighted by molar-refractivity contribution is 1.05. The molecule has 0 aliphatic heterocycles. The molecule has 0 spiro atoms. The number of aryl methyl sites for hydroxylation is 1. The van der Waals surface area contributed by atoms with Gasteiger partial charge in [-0.05, 0) is 41.8 Å². The second-order valence-corrected chi connectivity index (χ2v) is 3.62. The minimum Gasteiger partial charge on any atom is -0.264 e. The van der Waals surface area contributed by atoms with Crippen molar-refractivity contribution in [3.8, 4) is 11.4 Å². The van der Waals surface area contributed by atoms with Crippen molar-refractivity contribution in [2.75, 3.05) is 0 Å². The van der Waals surface area contributed by atoms with E-state index in [-0.39, 0.29) is 10.6 Å². The molecule has 0 atom stereocenters. The van der Waals surface area contributed by atoms with Crippen molar-refractivity contribution in [1.29, 1.82) is 0 Å². The third-order valence-electron chi connectivity index (χ3n) is 1.71. The van der Waals surface area contributed by atoms with E-state index in [0.29, 0.717) is 5.82 Å². The lowest BCUT2D eigenvalue weighted by atomic mass is 10.2. The van der Waals surface area contributed by atoms with E-state index in [1.54, 1.807) is 12.4 Å². The second kappa shape index (κ2) is 4.08. The minimum absolute atomic E-state index is 0.0755. The summed E-state index contributed by atoms with van der Waals surface area (Å²) in [5.41, 5.74) is 1.78. The average Bonchev–Trinajstić information content (AvgIpc) is 2.16. The van der Waals surface area contributed by atoms with Crippen LogP contribution in [0.5, 0.6) is 0 Å². The van der Waals surface area contributed by atoms with Crippen LogP contribution in [-0.4, -0.2) is 19.9 Å². The largest absolute Gasteiger partial charge is 0.264 e. The normalized spacial score (nSPS) is 10.3. The summed E-state index contributed by atoms with van der Waals surface area (Å²) in [6.07, 6.45) is 3.39. The quantitative estimate of drug-likeness (QED) is 0.769. The molecule has 0 aliphatic rings. The summed E-state index contributed by atoms with van der Waals surface area (Å²) >= 11 is 11.3. The van der Waals surface area contributed by atoms with Crippen LogP contribution >= 0.6 is 23.2 Å². The molecular formula is C9H6Cl2N4. The molecule has 0 aliphatic carbocycles. The van der Waals surface area contributed by atoms with Gasteiger partial charge >= 0.3 is 0 Å². The summed E-state index contributed by atoms with van der Waals surface area (Å²) in [7, 11) is 0. The molecule has 76 valence electrons. The third kappa shape index (κ3) is 2.40. The van der Waals surface area contributed by atoms with E-state index < -0.39 is 0 Å². The third-order valence-corrected chi connectivity index (χ3v) is 2.05. The van der Waals surface area contributed by atoms with E-state index in [0.717, 1.165) is 11.1 Å². The van der Waals surface area contributed by atoms with Gasteiger partial charge in [0.05, 0.1) is 0 Å². The van der Waals surface area contributed by atoms with Gasteiger partial charge in [0.1, 0.15) is 0 Å². The molecule has 0 fully saturated rings. The van der Waals surface area contributed by atoms with Crippen LogP contribution in [0.3, 0.4) is 0 Å². The molecule has 0 N–H and O–H groups in total. The van der Waals surface area contributed by atoms with Gasteiger partial charge < -0.3 is 0 Å². The molecule has 0 unspecified atom stereocenters. The average molecular weight is 241 g/mol. The first kappa shape index (κ1) is 10.3. The van der Waals surface area contributed by atoms with Crippen LogP contribution in [0, 0.1) is 6.92 Å². The van der Waals surface area contributed by atoms with Crippen molar-refractivity contribution in [3.63, 3.8) is 0 Å². The molecule has 2 aromatic heterocycles. The Hall–Kier alpha value is -1.26. The number of halogens is 2. The second-order valence-electron chi connectivity index (χ2n) is 2.95. The first-order chi connectivity index (χ1) is 7.15. The van der Waals surface area contributed by atoms with Crippen LogP contribution in [0.4, 0.5) is 0 Å². The van der Waals surface area contributed by atoms with Crippen molar-refractivity contribution in [3.05, 3.63) is 34.6 Å². The SMILES string of the molecule is Cc1cncc(-c2nc(Cl)nc(Cl)n2)c1. The summed E-state index contributed by atoms with van der Waals surface area (Å²) < 4.78 is 0. The number of aromatic nitrogens is 4. The van der Waals surface area contributed by atoms with Gasteiger partial charge in [0.15, 0.2) is 5.82 Å². The first-order valence-electron chi connectivity index (χ1n) is 4.14. The first-order valence-corrected chi connectivity index (χ1v) is 4.90. The maximum Gasteiger partial charge on any atom is 0.227 e. The number of pyridine rings is 1. The van der Waals surface area contributed by atoms with Crippen molar-refractivity contribution < 1.29 is 0 Å². The molecule has 0 amide bonds. The van der Waals surface area contributed by atoms with Crippen LogP contribution in [0.2, 0.25) is 10.6 Å². The van der Waals surface area contributed by atoms with Gasteiger partial charge in [0.2, 0.25) is 10.6 Å². The molecule has 0 saturated carbocycles. The molecule has 15 heavy (non-hydrogen) atoms. The molecule has 0 bridgehead atoms. The summed E-state index contributed by atoms with van der Waals surface area (Å²) in [6, 6.07) is 1.90. The highest BCUT2D eigenvalue weighted by molar-refractivity contribution is 6.31. The highest BCUT2D eigenvalue weighted by Gasteiger charge is 2.06.